The molecule has 0 bridgehead atoms. The molecule has 1 aromatic carbocycles. The van der Waals surface area contributed by atoms with Crippen molar-refractivity contribution < 1.29 is 0 Å². The first kappa shape index (κ1) is 7.82. The number of para-hydroxylation sites is 1. The van der Waals surface area contributed by atoms with Gasteiger partial charge < -0.3 is 5.43 Å². The lowest BCUT2D eigenvalue weighted by molar-refractivity contribution is 1.34. The van der Waals surface area contributed by atoms with Crippen molar-refractivity contribution in [1.29, 1.82) is 0 Å². The number of rotatable bonds is 2. The van der Waals surface area contributed by atoms with E-state index in [0.29, 0.717) is 0 Å². The fraction of sp³-hybridized carbons (Fsp3) is 0.111. The molecule has 2 nitrogen and oxygen atoms in total. The molecule has 0 saturated heterocycles. The van der Waals surface area contributed by atoms with Crippen molar-refractivity contribution in [2.24, 2.45) is 5.84 Å². The van der Waals surface area contributed by atoms with Gasteiger partial charge in [-0.1, -0.05) is 30.4 Å². The number of hydrogen-bond donors (Lipinski definition) is 2. The van der Waals surface area contributed by atoms with Crippen molar-refractivity contribution in [1.82, 2.24) is 0 Å². The van der Waals surface area contributed by atoms with Crippen LogP contribution in [0.25, 0.3) is 6.08 Å². The second-order valence-corrected chi connectivity index (χ2v) is 2.23. The van der Waals surface area contributed by atoms with Crippen LogP contribution in [0.2, 0.25) is 0 Å². The van der Waals surface area contributed by atoms with Crippen molar-refractivity contribution in [2.45, 2.75) is 6.92 Å². The smallest absolute Gasteiger partial charge is 0.0557 e. The molecule has 0 saturated carbocycles. The maximum Gasteiger partial charge on any atom is 0.0557 e. The van der Waals surface area contributed by atoms with Crippen LogP contribution >= 0.6 is 0 Å². The van der Waals surface area contributed by atoms with E-state index in [2.05, 4.69) is 5.43 Å². The van der Waals surface area contributed by atoms with Crippen LogP contribution < -0.4 is 11.3 Å². The standard InChI is InChI=1S/C9H12N2/c1-2-5-8-6-3-4-7-9(8)11-10/h2-7,11H,10H2,1H3/b5-2-. The molecule has 0 spiro atoms. The summed E-state index contributed by atoms with van der Waals surface area (Å²) < 4.78 is 0. The second kappa shape index (κ2) is 3.78. The molecule has 0 unspecified atom stereocenters. The van der Waals surface area contributed by atoms with Crippen LogP contribution in [-0.4, -0.2) is 0 Å². The third-order valence-corrected chi connectivity index (χ3v) is 1.46. The molecule has 11 heavy (non-hydrogen) atoms. The SMILES string of the molecule is C/C=C\c1ccccc1NN. The van der Waals surface area contributed by atoms with Gasteiger partial charge in [-0.25, -0.2) is 0 Å². The minimum absolute atomic E-state index is 0.950. The minimum atomic E-state index is 0.950. The highest BCUT2D eigenvalue weighted by atomic mass is 15.2. The minimum Gasteiger partial charge on any atom is -0.324 e. The zero-order chi connectivity index (χ0) is 8.10. The number of hydrogen-bond acceptors (Lipinski definition) is 2. The molecule has 0 amide bonds. The van der Waals surface area contributed by atoms with Crippen molar-refractivity contribution >= 4 is 11.8 Å². The monoisotopic (exact) mass is 148 g/mol. The summed E-state index contributed by atoms with van der Waals surface area (Å²) in [6.45, 7) is 1.98. The molecule has 1 rings (SSSR count). The summed E-state index contributed by atoms with van der Waals surface area (Å²) in [5, 5.41) is 0. The van der Waals surface area contributed by atoms with Crippen molar-refractivity contribution in [3.05, 3.63) is 35.9 Å². The molecule has 2 heteroatoms. The van der Waals surface area contributed by atoms with Crippen LogP contribution in [0.4, 0.5) is 5.69 Å². The summed E-state index contributed by atoms with van der Waals surface area (Å²) in [7, 11) is 0. The highest BCUT2D eigenvalue weighted by molar-refractivity contribution is 5.65. The topological polar surface area (TPSA) is 38.0 Å². The molecule has 0 aliphatic heterocycles. The summed E-state index contributed by atoms with van der Waals surface area (Å²) >= 11 is 0. The molecular weight excluding hydrogens is 136 g/mol. The Labute approximate surface area is 66.7 Å². The van der Waals surface area contributed by atoms with Gasteiger partial charge in [0.1, 0.15) is 0 Å². The highest BCUT2D eigenvalue weighted by Gasteiger charge is 1.92. The molecule has 0 atom stereocenters. The third-order valence-electron chi connectivity index (χ3n) is 1.46. The first-order valence-electron chi connectivity index (χ1n) is 3.57. The Kier molecular flexibility index (Phi) is 2.69. The predicted octanol–water partition coefficient (Wildman–Crippen LogP) is 2.01. The fourth-order valence-corrected chi connectivity index (χ4v) is 0.953. The van der Waals surface area contributed by atoms with E-state index in [1.165, 1.54) is 0 Å². The van der Waals surface area contributed by atoms with Gasteiger partial charge in [0.15, 0.2) is 0 Å². The lowest BCUT2D eigenvalue weighted by atomic mass is 10.2. The maximum absolute atomic E-state index is 5.30. The summed E-state index contributed by atoms with van der Waals surface area (Å²) in [5.74, 6) is 5.30. The van der Waals surface area contributed by atoms with Gasteiger partial charge in [0.25, 0.3) is 0 Å². The van der Waals surface area contributed by atoms with E-state index >= 15 is 0 Å². The van der Waals surface area contributed by atoms with Gasteiger partial charge >= 0.3 is 0 Å². The van der Waals surface area contributed by atoms with Crippen LogP contribution in [-0.2, 0) is 0 Å². The predicted molar refractivity (Wildman–Crippen MR) is 49.0 cm³/mol. The number of hydrazine groups is 1. The van der Waals surface area contributed by atoms with Gasteiger partial charge in [-0.2, -0.15) is 0 Å². The Morgan fingerprint density at radius 3 is 2.73 bits per heavy atom. The van der Waals surface area contributed by atoms with Crippen molar-refractivity contribution in [2.75, 3.05) is 5.43 Å². The first-order valence-corrected chi connectivity index (χ1v) is 3.57. The van der Waals surface area contributed by atoms with E-state index < -0.39 is 0 Å². The molecule has 0 aromatic heterocycles. The normalized spacial score (nSPS) is 10.4. The van der Waals surface area contributed by atoms with Crippen molar-refractivity contribution in [3.8, 4) is 0 Å². The Hall–Kier alpha value is -1.28. The Morgan fingerprint density at radius 1 is 1.36 bits per heavy atom. The number of benzene rings is 1. The number of nitrogen functional groups attached to an aromatic ring is 1. The van der Waals surface area contributed by atoms with Crippen LogP contribution in [0.15, 0.2) is 30.3 Å². The molecule has 0 radical (unpaired) electrons. The van der Waals surface area contributed by atoms with E-state index in [1.807, 2.05) is 43.3 Å². The lowest BCUT2D eigenvalue weighted by Gasteiger charge is -2.02. The van der Waals surface area contributed by atoms with Gasteiger partial charge in [-0.15, -0.1) is 0 Å². The van der Waals surface area contributed by atoms with E-state index in [1.54, 1.807) is 0 Å². The van der Waals surface area contributed by atoms with Crippen LogP contribution in [0.5, 0.6) is 0 Å². The van der Waals surface area contributed by atoms with Crippen LogP contribution in [0.1, 0.15) is 12.5 Å². The van der Waals surface area contributed by atoms with Gasteiger partial charge in [0.2, 0.25) is 0 Å². The molecule has 0 heterocycles. The summed E-state index contributed by atoms with van der Waals surface area (Å²) in [6, 6.07) is 7.88. The van der Waals surface area contributed by atoms with E-state index in [0.717, 1.165) is 11.3 Å². The third kappa shape index (κ3) is 1.82. The van der Waals surface area contributed by atoms with Gasteiger partial charge in [0.05, 0.1) is 5.69 Å². The fourth-order valence-electron chi connectivity index (χ4n) is 0.953. The molecule has 0 aliphatic rings. The Balaban J connectivity index is 3.02. The molecule has 0 fully saturated rings. The Morgan fingerprint density at radius 2 is 2.09 bits per heavy atom. The van der Waals surface area contributed by atoms with Crippen molar-refractivity contribution in [3.63, 3.8) is 0 Å². The zero-order valence-electron chi connectivity index (χ0n) is 6.54. The quantitative estimate of drug-likeness (QED) is 0.497. The summed E-state index contributed by atoms with van der Waals surface area (Å²) in [5.41, 5.74) is 4.69. The number of nitrogens with two attached hydrogens (primary N) is 1. The van der Waals surface area contributed by atoms with E-state index in [-0.39, 0.29) is 0 Å². The molecule has 1 aromatic rings. The number of anilines is 1. The molecular formula is C9H12N2. The average molecular weight is 148 g/mol. The second-order valence-electron chi connectivity index (χ2n) is 2.23. The number of nitrogens with one attached hydrogen (secondary N) is 1. The van der Waals surface area contributed by atoms with Gasteiger partial charge in [-0.3, -0.25) is 5.84 Å². The van der Waals surface area contributed by atoms with Gasteiger partial charge in [0, 0.05) is 0 Å². The summed E-state index contributed by atoms with van der Waals surface area (Å²) in [4.78, 5) is 0. The largest absolute Gasteiger partial charge is 0.324 e. The average Bonchev–Trinajstić information content (AvgIpc) is 2.06. The van der Waals surface area contributed by atoms with E-state index in [9.17, 15) is 0 Å². The van der Waals surface area contributed by atoms with E-state index in [4.69, 9.17) is 5.84 Å². The zero-order valence-corrected chi connectivity index (χ0v) is 6.54. The number of allylic oxidation sites excluding steroid dienone is 1. The van der Waals surface area contributed by atoms with Crippen LogP contribution in [0, 0.1) is 0 Å². The Bertz CT molecular complexity index is 253. The summed E-state index contributed by atoms with van der Waals surface area (Å²) in [6.07, 6.45) is 3.99. The molecule has 3 N–H and O–H groups in total. The lowest BCUT2D eigenvalue weighted by Crippen LogP contribution is -2.07. The van der Waals surface area contributed by atoms with Crippen LogP contribution in [0.3, 0.4) is 0 Å². The molecule has 58 valence electrons. The molecule has 0 aliphatic carbocycles. The van der Waals surface area contributed by atoms with Gasteiger partial charge in [-0.05, 0) is 18.6 Å². The maximum atomic E-state index is 5.30. The first-order chi connectivity index (χ1) is 5.38. The highest BCUT2D eigenvalue weighted by Crippen LogP contribution is 2.14.